The predicted octanol–water partition coefficient (Wildman–Crippen LogP) is 3.44. The van der Waals surface area contributed by atoms with Crippen molar-refractivity contribution >= 4 is 11.2 Å². The summed E-state index contributed by atoms with van der Waals surface area (Å²) >= 11 is 0. The summed E-state index contributed by atoms with van der Waals surface area (Å²) in [5.74, 6) is 0.892. The number of hydrogen-bond acceptors (Lipinski definition) is 4. The standard InChI is InChI=1S/C19H15N3O.H3N.H2O/c1-13-7-2-4-9-15(13)22-16-10-6-12-20-18(16)21-19(22)14-8-3-5-11-17(14)23;;/h2-12,23H,1H3;1H3;1H2. The van der Waals surface area contributed by atoms with Gasteiger partial charge in [0.2, 0.25) is 0 Å². The minimum Gasteiger partial charge on any atom is -0.507 e. The number of fused-ring (bicyclic) bond motifs is 1. The predicted molar refractivity (Wildman–Crippen MR) is 99.3 cm³/mol. The fraction of sp³-hybridized carbons (Fsp3) is 0.0526. The second kappa shape index (κ2) is 7.12. The summed E-state index contributed by atoms with van der Waals surface area (Å²) in [5, 5.41) is 10.3. The average Bonchev–Trinajstić information content (AvgIpc) is 2.95. The van der Waals surface area contributed by atoms with Crippen LogP contribution >= 0.6 is 0 Å². The van der Waals surface area contributed by atoms with Crippen LogP contribution in [-0.2, 0) is 0 Å². The zero-order valence-corrected chi connectivity index (χ0v) is 13.8. The van der Waals surface area contributed by atoms with E-state index in [2.05, 4.69) is 23.0 Å². The highest BCUT2D eigenvalue weighted by atomic mass is 16.3. The maximum Gasteiger partial charge on any atom is 0.178 e. The summed E-state index contributed by atoms with van der Waals surface area (Å²) in [7, 11) is 0. The Kier molecular flexibility index (Phi) is 5.17. The number of imidazole rings is 1. The first-order valence-corrected chi connectivity index (χ1v) is 7.43. The third-order valence-corrected chi connectivity index (χ3v) is 3.93. The molecule has 0 saturated heterocycles. The molecule has 128 valence electrons. The van der Waals surface area contributed by atoms with Crippen LogP contribution in [0.15, 0.2) is 66.9 Å². The highest BCUT2D eigenvalue weighted by Gasteiger charge is 2.17. The second-order valence-electron chi connectivity index (χ2n) is 5.42. The van der Waals surface area contributed by atoms with Crippen molar-refractivity contribution in [2.24, 2.45) is 0 Å². The van der Waals surface area contributed by atoms with Gasteiger partial charge in [-0.15, -0.1) is 0 Å². The molecule has 6 N–H and O–H groups in total. The molecule has 0 spiro atoms. The Bertz CT molecular complexity index is 1010. The van der Waals surface area contributed by atoms with Crippen LogP contribution in [0.2, 0.25) is 0 Å². The number of nitrogens with zero attached hydrogens (tertiary/aromatic N) is 3. The van der Waals surface area contributed by atoms with E-state index < -0.39 is 0 Å². The van der Waals surface area contributed by atoms with E-state index in [4.69, 9.17) is 0 Å². The molecular formula is C19H20N4O2. The lowest BCUT2D eigenvalue weighted by Crippen LogP contribution is -2.00. The molecule has 0 bridgehead atoms. The maximum absolute atomic E-state index is 10.3. The molecule has 0 fully saturated rings. The van der Waals surface area contributed by atoms with Crippen LogP contribution in [0.5, 0.6) is 5.75 Å². The molecule has 0 aliphatic carbocycles. The number of rotatable bonds is 2. The van der Waals surface area contributed by atoms with Crippen molar-refractivity contribution in [2.75, 3.05) is 0 Å². The summed E-state index contributed by atoms with van der Waals surface area (Å²) < 4.78 is 2.05. The molecule has 2 heterocycles. The van der Waals surface area contributed by atoms with Gasteiger partial charge in [0.05, 0.1) is 16.8 Å². The fourth-order valence-corrected chi connectivity index (χ4v) is 2.82. The largest absolute Gasteiger partial charge is 0.507 e. The van der Waals surface area contributed by atoms with E-state index in [1.165, 1.54) is 0 Å². The molecule has 25 heavy (non-hydrogen) atoms. The molecule has 6 nitrogen and oxygen atoms in total. The Balaban J connectivity index is 0.00000113. The molecular weight excluding hydrogens is 316 g/mol. The molecule has 0 aliphatic heterocycles. The number of aromatic hydroxyl groups is 1. The first kappa shape index (κ1) is 18.1. The number of phenols is 1. The van der Waals surface area contributed by atoms with E-state index in [0.29, 0.717) is 17.0 Å². The molecule has 2 aromatic heterocycles. The minimum atomic E-state index is 0. The average molecular weight is 336 g/mol. The number of aromatic nitrogens is 3. The molecule has 4 aromatic rings. The number of aryl methyl sites for hydroxylation is 1. The summed E-state index contributed by atoms with van der Waals surface area (Å²) in [4.78, 5) is 9.01. The monoisotopic (exact) mass is 336 g/mol. The van der Waals surface area contributed by atoms with E-state index in [1.54, 1.807) is 18.3 Å². The summed E-state index contributed by atoms with van der Waals surface area (Å²) in [6.45, 7) is 2.06. The lowest BCUT2D eigenvalue weighted by atomic mass is 10.1. The topological polar surface area (TPSA) is 117 Å². The summed E-state index contributed by atoms with van der Waals surface area (Å²) in [6, 6.07) is 19.2. The van der Waals surface area contributed by atoms with Gasteiger partial charge in [-0.05, 0) is 42.8 Å². The van der Waals surface area contributed by atoms with Gasteiger partial charge in [-0.25, -0.2) is 9.97 Å². The smallest absolute Gasteiger partial charge is 0.178 e. The normalized spacial score (nSPS) is 10.1. The van der Waals surface area contributed by atoms with E-state index in [0.717, 1.165) is 16.8 Å². The summed E-state index contributed by atoms with van der Waals surface area (Å²) in [6.07, 6.45) is 1.73. The Morgan fingerprint density at radius 2 is 1.64 bits per heavy atom. The maximum atomic E-state index is 10.3. The van der Waals surface area contributed by atoms with E-state index in [9.17, 15) is 5.11 Å². The van der Waals surface area contributed by atoms with Crippen LogP contribution < -0.4 is 6.15 Å². The van der Waals surface area contributed by atoms with Crippen molar-refractivity contribution in [1.82, 2.24) is 20.7 Å². The van der Waals surface area contributed by atoms with Gasteiger partial charge >= 0.3 is 0 Å². The zero-order chi connectivity index (χ0) is 15.8. The van der Waals surface area contributed by atoms with Gasteiger partial charge in [-0.2, -0.15) is 0 Å². The molecule has 0 atom stereocenters. The molecule has 0 unspecified atom stereocenters. The van der Waals surface area contributed by atoms with Crippen molar-refractivity contribution in [3.05, 3.63) is 72.4 Å². The van der Waals surface area contributed by atoms with Crippen LogP contribution in [0.3, 0.4) is 0 Å². The fourth-order valence-electron chi connectivity index (χ4n) is 2.82. The van der Waals surface area contributed by atoms with Crippen molar-refractivity contribution in [1.29, 1.82) is 0 Å². The van der Waals surface area contributed by atoms with Crippen LogP contribution in [-0.4, -0.2) is 25.1 Å². The van der Waals surface area contributed by atoms with Crippen LogP contribution in [0.4, 0.5) is 0 Å². The van der Waals surface area contributed by atoms with Crippen LogP contribution in [0.1, 0.15) is 5.56 Å². The van der Waals surface area contributed by atoms with Crippen molar-refractivity contribution in [3.8, 4) is 22.8 Å². The quantitative estimate of drug-likeness (QED) is 0.583. The molecule has 0 aliphatic rings. The number of pyridine rings is 1. The lowest BCUT2D eigenvalue weighted by Gasteiger charge is -2.12. The van der Waals surface area contributed by atoms with Crippen LogP contribution in [0.25, 0.3) is 28.2 Å². The Hall–Kier alpha value is -3.22. The first-order valence-electron chi connectivity index (χ1n) is 7.43. The van der Waals surface area contributed by atoms with Gasteiger partial charge in [0.1, 0.15) is 5.75 Å². The number of benzene rings is 2. The van der Waals surface area contributed by atoms with Crippen molar-refractivity contribution in [2.45, 2.75) is 6.92 Å². The third-order valence-electron chi connectivity index (χ3n) is 3.93. The van der Waals surface area contributed by atoms with E-state index >= 15 is 0 Å². The Morgan fingerprint density at radius 3 is 2.40 bits per heavy atom. The van der Waals surface area contributed by atoms with Gasteiger partial charge in [0.15, 0.2) is 11.5 Å². The van der Waals surface area contributed by atoms with Crippen molar-refractivity contribution in [3.63, 3.8) is 0 Å². The lowest BCUT2D eigenvalue weighted by molar-refractivity contribution is 0.477. The van der Waals surface area contributed by atoms with E-state index in [-0.39, 0.29) is 17.4 Å². The van der Waals surface area contributed by atoms with Crippen LogP contribution in [0, 0.1) is 6.92 Å². The molecule has 0 saturated carbocycles. The van der Waals surface area contributed by atoms with Gasteiger partial charge in [0, 0.05) is 6.20 Å². The molecule has 0 radical (unpaired) electrons. The number of para-hydroxylation sites is 2. The number of hydrogen-bond donors (Lipinski definition) is 2. The highest BCUT2D eigenvalue weighted by Crippen LogP contribution is 2.33. The van der Waals surface area contributed by atoms with Gasteiger partial charge in [-0.1, -0.05) is 30.3 Å². The number of phenolic OH excluding ortho intramolecular Hbond substituents is 1. The van der Waals surface area contributed by atoms with Gasteiger partial charge in [-0.3, -0.25) is 4.57 Å². The molecule has 2 aromatic carbocycles. The molecule has 4 rings (SSSR count). The van der Waals surface area contributed by atoms with Gasteiger partial charge in [0.25, 0.3) is 0 Å². The molecule has 0 amide bonds. The molecule has 6 heteroatoms. The van der Waals surface area contributed by atoms with Crippen molar-refractivity contribution < 1.29 is 10.6 Å². The third kappa shape index (κ3) is 2.96. The summed E-state index contributed by atoms with van der Waals surface area (Å²) in [5.41, 5.74) is 4.43. The van der Waals surface area contributed by atoms with E-state index in [1.807, 2.05) is 47.0 Å². The first-order chi connectivity index (χ1) is 11.3. The SMILES string of the molecule is Cc1ccccc1-n1c(-c2ccccc2O)nc2ncccc21.N.O. The highest BCUT2D eigenvalue weighted by molar-refractivity contribution is 5.82. The zero-order valence-electron chi connectivity index (χ0n) is 13.8. The Labute approximate surface area is 145 Å². The second-order valence-corrected chi connectivity index (χ2v) is 5.42. The minimum absolute atomic E-state index is 0. The Morgan fingerprint density at radius 1 is 0.920 bits per heavy atom. The van der Waals surface area contributed by atoms with Gasteiger partial charge < -0.3 is 16.7 Å².